The van der Waals surface area contributed by atoms with E-state index >= 15 is 0 Å². The average molecular weight is 236 g/mol. The van der Waals surface area contributed by atoms with Gasteiger partial charge in [0.15, 0.2) is 0 Å². The summed E-state index contributed by atoms with van der Waals surface area (Å²) >= 11 is 0. The maximum Gasteiger partial charge on any atom is 0.317 e. The summed E-state index contributed by atoms with van der Waals surface area (Å²) in [6.45, 7) is 5.68. The molecule has 0 saturated carbocycles. The van der Waals surface area contributed by atoms with Gasteiger partial charge in [0.2, 0.25) is 0 Å². The molecule has 0 bridgehead atoms. The molecule has 0 aromatic heterocycles. The standard InChI is InChI=1S/C10H21N3O.ClH/c1-8(2)12-10(14)13-6-4-5-9(7-13)11-3;/h8-9,11H,4-7H2,1-3H3,(H,12,14);1H/t9-;/m0./s1. The number of amides is 2. The molecule has 1 atom stereocenters. The Balaban J connectivity index is 0.00000196. The molecule has 0 aromatic carbocycles. The maximum absolute atomic E-state index is 11.7. The molecular formula is C10H22ClN3O. The molecule has 5 heteroatoms. The quantitative estimate of drug-likeness (QED) is 0.756. The van der Waals surface area contributed by atoms with Crippen LogP contribution in [0.25, 0.3) is 0 Å². The van der Waals surface area contributed by atoms with Gasteiger partial charge >= 0.3 is 6.03 Å². The Morgan fingerprint density at radius 1 is 1.47 bits per heavy atom. The van der Waals surface area contributed by atoms with Crippen molar-refractivity contribution >= 4 is 18.4 Å². The highest BCUT2D eigenvalue weighted by Crippen LogP contribution is 2.09. The first kappa shape index (κ1) is 14.5. The van der Waals surface area contributed by atoms with E-state index < -0.39 is 0 Å². The van der Waals surface area contributed by atoms with Crippen LogP contribution < -0.4 is 10.6 Å². The van der Waals surface area contributed by atoms with Crippen LogP contribution in [0.2, 0.25) is 0 Å². The second-order valence-electron chi connectivity index (χ2n) is 4.18. The second kappa shape index (κ2) is 6.90. The third kappa shape index (κ3) is 4.71. The molecule has 0 unspecified atom stereocenters. The van der Waals surface area contributed by atoms with E-state index in [9.17, 15) is 4.79 Å². The number of nitrogens with zero attached hydrogens (tertiary/aromatic N) is 1. The molecule has 2 N–H and O–H groups in total. The third-order valence-corrected chi connectivity index (χ3v) is 2.53. The first-order chi connectivity index (χ1) is 6.63. The molecule has 1 aliphatic rings. The number of halogens is 1. The molecule has 1 aliphatic heterocycles. The average Bonchev–Trinajstić information content (AvgIpc) is 2.17. The van der Waals surface area contributed by atoms with Crippen molar-refractivity contribution in [3.63, 3.8) is 0 Å². The van der Waals surface area contributed by atoms with Crippen LogP contribution in [0.1, 0.15) is 26.7 Å². The summed E-state index contributed by atoms with van der Waals surface area (Å²) < 4.78 is 0. The molecule has 15 heavy (non-hydrogen) atoms. The minimum atomic E-state index is 0. The number of carbonyl (C=O) groups is 1. The summed E-state index contributed by atoms with van der Waals surface area (Å²) in [4.78, 5) is 13.6. The summed E-state index contributed by atoms with van der Waals surface area (Å²) in [5, 5.41) is 6.14. The number of hydrogen-bond acceptors (Lipinski definition) is 2. The van der Waals surface area contributed by atoms with Gasteiger partial charge in [0.1, 0.15) is 0 Å². The fourth-order valence-corrected chi connectivity index (χ4v) is 1.74. The third-order valence-electron chi connectivity index (χ3n) is 2.53. The molecule has 0 radical (unpaired) electrons. The summed E-state index contributed by atoms with van der Waals surface area (Å²) in [6, 6.07) is 0.749. The van der Waals surface area contributed by atoms with E-state index in [1.54, 1.807) is 0 Å². The number of rotatable bonds is 2. The summed E-state index contributed by atoms with van der Waals surface area (Å²) in [7, 11) is 1.95. The van der Waals surface area contributed by atoms with Crippen molar-refractivity contribution < 1.29 is 4.79 Å². The van der Waals surface area contributed by atoms with E-state index in [0.717, 1.165) is 19.5 Å². The molecule has 1 saturated heterocycles. The highest BCUT2D eigenvalue weighted by molar-refractivity contribution is 5.85. The van der Waals surface area contributed by atoms with Crippen LogP contribution in [0.4, 0.5) is 4.79 Å². The Morgan fingerprint density at radius 3 is 2.67 bits per heavy atom. The zero-order valence-electron chi connectivity index (χ0n) is 9.75. The van der Waals surface area contributed by atoms with Gasteiger partial charge in [-0.3, -0.25) is 0 Å². The molecular weight excluding hydrogens is 214 g/mol. The van der Waals surface area contributed by atoms with Gasteiger partial charge in [0, 0.05) is 25.2 Å². The molecule has 1 fully saturated rings. The Hall–Kier alpha value is -0.480. The summed E-state index contributed by atoms with van der Waals surface area (Å²) in [5.74, 6) is 0. The van der Waals surface area contributed by atoms with E-state index in [2.05, 4.69) is 10.6 Å². The predicted molar refractivity (Wildman–Crippen MR) is 64.6 cm³/mol. The molecule has 0 aromatic rings. The van der Waals surface area contributed by atoms with Gasteiger partial charge in [-0.1, -0.05) is 0 Å². The Bertz CT molecular complexity index is 199. The highest BCUT2D eigenvalue weighted by Gasteiger charge is 2.22. The normalized spacial score (nSPS) is 21.1. The van der Waals surface area contributed by atoms with Crippen LogP contribution in [0.5, 0.6) is 0 Å². The van der Waals surface area contributed by atoms with Crippen molar-refractivity contribution in [2.45, 2.75) is 38.8 Å². The zero-order valence-corrected chi connectivity index (χ0v) is 10.6. The van der Waals surface area contributed by atoms with Crippen LogP contribution in [0.3, 0.4) is 0 Å². The highest BCUT2D eigenvalue weighted by atomic mass is 35.5. The van der Waals surface area contributed by atoms with Gasteiger partial charge in [0.25, 0.3) is 0 Å². The summed E-state index contributed by atoms with van der Waals surface area (Å²) in [6.07, 6.45) is 2.26. The lowest BCUT2D eigenvalue weighted by Gasteiger charge is -2.33. The maximum atomic E-state index is 11.7. The van der Waals surface area contributed by atoms with Crippen LogP contribution in [0.15, 0.2) is 0 Å². The van der Waals surface area contributed by atoms with Crippen LogP contribution in [-0.4, -0.2) is 43.2 Å². The van der Waals surface area contributed by atoms with E-state index in [-0.39, 0.29) is 24.5 Å². The van der Waals surface area contributed by atoms with E-state index in [0.29, 0.717) is 6.04 Å². The van der Waals surface area contributed by atoms with Crippen molar-refractivity contribution in [1.29, 1.82) is 0 Å². The Kier molecular flexibility index (Phi) is 6.68. The largest absolute Gasteiger partial charge is 0.336 e. The smallest absolute Gasteiger partial charge is 0.317 e. The predicted octanol–water partition coefficient (Wildman–Crippen LogP) is 1.21. The first-order valence-corrected chi connectivity index (χ1v) is 5.36. The lowest BCUT2D eigenvalue weighted by Crippen LogP contribution is -2.51. The lowest BCUT2D eigenvalue weighted by atomic mass is 10.1. The molecule has 0 spiro atoms. The fraction of sp³-hybridized carbons (Fsp3) is 0.900. The minimum Gasteiger partial charge on any atom is -0.336 e. The van der Waals surface area contributed by atoms with E-state index in [1.165, 1.54) is 6.42 Å². The van der Waals surface area contributed by atoms with Gasteiger partial charge in [0.05, 0.1) is 0 Å². The first-order valence-electron chi connectivity index (χ1n) is 5.36. The number of likely N-dealkylation sites (N-methyl/N-ethyl adjacent to an activating group) is 1. The van der Waals surface area contributed by atoms with Gasteiger partial charge in [-0.2, -0.15) is 0 Å². The van der Waals surface area contributed by atoms with Crippen molar-refractivity contribution in [1.82, 2.24) is 15.5 Å². The molecule has 1 heterocycles. The van der Waals surface area contributed by atoms with Crippen molar-refractivity contribution in [3.05, 3.63) is 0 Å². The van der Waals surface area contributed by atoms with Crippen LogP contribution in [0, 0.1) is 0 Å². The Morgan fingerprint density at radius 2 is 2.13 bits per heavy atom. The minimum absolute atomic E-state index is 0. The molecule has 2 amide bonds. The lowest BCUT2D eigenvalue weighted by molar-refractivity contribution is 0.172. The van der Waals surface area contributed by atoms with Crippen molar-refractivity contribution in [2.75, 3.05) is 20.1 Å². The van der Waals surface area contributed by atoms with Crippen LogP contribution >= 0.6 is 12.4 Å². The Labute approximate surface area is 98.2 Å². The van der Waals surface area contributed by atoms with Gasteiger partial charge in [-0.15, -0.1) is 12.4 Å². The van der Waals surface area contributed by atoms with Gasteiger partial charge in [-0.25, -0.2) is 4.79 Å². The van der Waals surface area contributed by atoms with Gasteiger partial charge < -0.3 is 15.5 Å². The number of carbonyl (C=O) groups excluding carboxylic acids is 1. The SMILES string of the molecule is CN[C@H]1CCCN(C(=O)NC(C)C)C1.Cl. The van der Waals surface area contributed by atoms with Crippen LogP contribution in [-0.2, 0) is 0 Å². The second-order valence-corrected chi connectivity index (χ2v) is 4.18. The fourth-order valence-electron chi connectivity index (χ4n) is 1.74. The monoisotopic (exact) mass is 235 g/mol. The summed E-state index contributed by atoms with van der Waals surface area (Å²) in [5.41, 5.74) is 0. The topological polar surface area (TPSA) is 44.4 Å². The van der Waals surface area contributed by atoms with E-state index in [1.807, 2.05) is 25.8 Å². The molecule has 0 aliphatic carbocycles. The number of hydrogen-bond donors (Lipinski definition) is 2. The number of likely N-dealkylation sites (tertiary alicyclic amines) is 1. The zero-order chi connectivity index (χ0) is 10.6. The number of nitrogens with one attached hydrogen (secondary N) is 2. The van der Waals surface area contributed by atoms with Crippen molar-refractivity contribution in [3.8, 4) is 0 Å². The van der Waals surface area contributed by atoms with Gasteiger partial charge in [-0.05, 0) is 33.7 Å². The molecule has 90 valence electrons. The van der Waals surface area contributed by atoms with Crippen molar-refractivity contribution in [2.24, 2.45) is 0 Å². The number of piperidine rings is 1. The number of urea groups is 1. The van der Waals surface area contributed by atoms with E-state index in [4.69, 9.17) is 0 Å². The molecule has 4 nitrogen and oxygen atoms in total. The molecule has 1 rings (SSSR count).